The lowest BCUT2D eigenvalue weighted by Gasteiger charge is -2.56. The summed E-state index contributed by atoms with van der Waals surface area (Å²) in [6.07, 6.45) is 3.26. The second-order valence-corrected chi connectivity index (χ2v) is 6.25. The van der Waals surface area contributed by atoms with Crippen LogP contribution in [-0.2, 0) is 9.53 Å². The standard InChI is InChI=1S/C13H22N2O2/c1-13(2)11(9-5-6-17-12(9)13)15-8-3-4-10(16)14-7-8/h8-9,11-12,15H,3-7H2,1-2H3,(H,14,16). The van der Waals surface area contributed by atoms with Crippen LogP contribution in [0.25, 0.3) is 0 Å². The van der Waals surface area contributed by atoms with E-state index in [4.69, 9.17) is 4.74 Å². The zero-order valence-corrected chi connectivity index (χ0v) is 10.7. The van der Waals surface area contributed by atoms with Crippen LogP contribution in [0.1, 0.15) is 33.1 Å². The summed E-state index contributed by atoms with van der Waals surface area (Å²) in [5, 5.41) is 6.68. The molecule has 3 aliphatic rings. The van der Waals surface area contributed by atoms with E-state index < -0.39 is 0 Å². The molecule has 17 heavy (non-hydrogen) atoms. The van der Waals surface area contributed by atoms with Gasteiger partial charge in [-0.15, -0.1) is 0 Å². The predicted molar refractivity (Wildman–Crippen MR) is 64.6 cm³/mol. The number of carbonyl (C=O) groups excluding carboxylic acids is 1. The van der Waals surface area contributed by atoms with E-state index in [2.05, 4.69) is 24.5 Å². The molecule has 2 saturated heterocycles. The van der Waals surface area contributed by atoms with Gasteiger partial charge < -0.3 is 15.4 Å². The Morgan fingerprint density at radius 1 is 1.41 bits per heavy atom. The molecular formula is C13H22N2O2. The number of carbonyl (C=O) groups is 1. The van der Waals surface area contributed by atoms with Gasteiger partial charge in [0.25, 0.3) is 0 Å². The number of hydrogen-bond donors (Lipinski definition) is 2. The summed E-state index contributed by atoms with van der Waals surface area (Å²) in [5.41, 5.74) is 0.239. The number of piperidine rings is 1. The molecular weight excluding hydrogens is 216 g/mol. The molecule has 96 valence electrons. The molecule has 0 radical (unpaired) electrons. The Bertz CT molecular complexity index is 319. The molecule has 1 aliphatic carbocycles. The molecule has 1 amide bonds. The lowest BCUT2D eigenvalue weighted by molar-refractivity contribution is -0.125. The lowest BCUT2D eigenvalue weighted by atomic mass is 9.57. The number of rotatable bonds is 2. The summed E-state index contributed by atoms with van der Waals surface area (Å²) in [5.74, 6) is 0.876. The zero-order valence-electron chi connectivity index (χ0n) is 10.7. The van der Waals surface area contributed by atoms with Gasteiger partial charge in [-0.3, -0.25) is 4.79 Å². The molecule has 0 spiro atoms. The normalized spacial score (nSPS) is 43.8. The van der Waals surface area contributed by atoms with Gasteiger partial charge in [0, 0.05) is 43.0 Å². The van der Waals surface area contributed by atoms with Crippen molar-refractivity contribution in [3.05, 3.63) is 0 Å². The third-order valence-electron chi connectivity index (χ3n) is 4.78. The van der Waals surface area contributed by atoms with E-state index in [0.29, 0.717) is 30.5 Å². The third-order valence-corrected chi connectivity index (χ3v) is 4.78. The van der Waals surface area contributed by atoms with Crippen molar-refractivity contribution in [2.75, 3.05) is 13.2 Å². The van der Waals surface area contributed by atoms with E-state index in [-0.39, 0.29) is 11.3 Å². The first-order valence-electron chi connectivity index (χ1n) is 6.73. The van der Waals surface area contributed by atoms with E-state index >= 15 is 0 Å². The fraction of sp³-hybridized carbons (Fsp3) is 0.923. The molecule has 0 aromatic rings. The van der Waals surface area contributed by atoms with E-state index in [1.807, 2.05) is 0 Å². The molecule has 4 heteroatoms. The summed E-state index contributed by atoms with van der Waals surface area (Å²) in [7, 11) is 0. The Kier molecular flexibility index (Phi) is 2.67. The van der Waals surface area contributed by atoms with E-state index in [9.17, 15) is 4.79 Å². The first kappa shape index (κ1) is 11.5. The van der Waals surface area contributed by atoms with Crippen molar-refractivity contribution in [3.8, 4) is 0 Å². The van der Waals surface area contributed by atoms with Gasteiger partial charge in [0.15, 0.2) is 0 Å². The Morgan fingerprint density at radius 3 is 2.94 bits per heavy atom. The number of amides is 1. The molecule has 4 atom stereocenters. The van der Waals surface area contributed by atoms with Crippen LogP contribution in [0.5, 0.6) is 0 Å². The first-order chi connectivity index (χ1) is 8.09. The number of nitrogens with one attached hydrogen (secondary N) is 2. The van der Waals surface area contributed by atoms with Gasteiger partial charge >= 0.3 is 0 Å². The van der Waals surface area contributed by atoms with Crippen molar-refractivity contribution >= 4 is 5.91 Å². The lowest BCUT2D eigenvalue weighted by Crippen LogP contribution is -2.68. The highest BCUT2D eigenvalue weighted by atomic mass is 16.5. The van der Waals surface area contributed by atoms with Gasteiger partial charge in [-0.05, 0) is 12.8 Å². The molecule has 0 bridgehead atoms. The number of fused-ring (bicyclic) bond motifs is 1. The van der Waals surface area contributed by atoms with Crippen molar-refractivity contribution in [1.29, 1.82) is 0 Å². The highest BCUT2D eigenvalue weighted by Crippen LogP contribution is 2.52. The molecule has 3 fully saturated rings. The minimum absolute atomic E-state index is 0.193. The minimum Gasteiger partial charge on any atom is -0.377 e. The second-order valence-electron chi connectivity index (χ2n) is 6.25. The van der Waals surface area contributed by atoms with Crippen molar-refractivity contribution in [2.45, 2.75) is 51.3 Å². The fourth-order valence-electron chi connectivity index (χ4n) is 3.79. The Morgan fingerprint density at radius 2 is 2.24 bits per heavy atom. The van der Waals surface area contributed by atoms with Crippen LogP contribution in [0.15, 0.2) is 0 Å². The Labute approximate surface area is 102 Å². The average molecular weight is 238 g/mol. The Hall–Kier alpha value is -0.610. The number of hydrogen-bond acceptors (Lipinski definition) is 3. The molecule has 2 aliphatic heterocycles. The van der Waals surface area contributed by atoms with E-state index in [1.54, 1.807) is 0 Å². The second kappa shape index (κ2) is 3.95. The van der Waals surface area contributed by atoms with E-state index in [0.717, 1.165) is 19.6 Å². The zero-order chi connectivity index (χ0) is 12.0. The summed E-state index contributed by atoms with van der Waals surface area (Å²) >= 11 is 0. The molecule has 0 aromatic carbocycles. The monoisotopic (exact) mass is 238 g/mol. The molecule has 4 nitrogen and oxygen atoms in total. The SMILES string of the molecule is CC1(C)C(NC2CCC(=O)NC2)C2CCOC21. The van der Waals surface area contributed by atoms with Gasteiger partial charge in [0.05, 0.1) is 6.10 Å². The quantitative estimate of drug-likeness (QED) is 0.743. The molecule has 1 saturated carbocycles. The van der Waals surface area contributed by atoms with Crippen molar-refractivity contribution in [1.82, 2.24) is 10.6 Å². The molecule has 2 heterocycles. The maximum Gasteiger partial charge on any atom is 0.220 e. The van der Waals surface area contributed by atoms with Gasteiger partial charge in [0.2, 0.25) is 5.91 Å². The highest BCUT2D eigenvalue weighted by molar-refractivity contribution is 5.76. The summed E-state index contributed by atoms with van der Waals surface area (Å²) < 4.78 is 5.79. The topological polar surface area (TPSA) is 50.4 Å². The van der Waals surface area contributed by atoms with E-state index in [1.165, 1.54) is 6.42 Å². The van der Waals surface area contributed by atoms with Crippen LogP contribution in [0, 0.1) is 11.3 Å². The third kappa shape index (κ3) is 1.78. The Balaban J connectivity index is 1.60. The summed E-state index contributed by atoms with van der Waals surface area (Å²) in [6, 6.07) is 0.994. The summed E-state index contributed by atoms with van der Waals surface area (Å²) in [6.45, 7) is 6.28. The van der Waals surface area contributed by atoms with Gasteiger partial charge in [-0.2, -0.15) is 0 Å². The summed E-state index contributed by atoms with van der Waals surface area (Å²) in [4.78, 5) is 11.1. The number of ether oxygens (including phenoxy) is 1. The van der Waals surface area contributed by atoms with Crippen LogP contribution in [-0.4, -0.2) is 37.2 Å². The van der Waals surface area contributed by atoms with Crippen LogP contribution in [0.3, 0.4) is 0 Å². The molecule has 4 unspecified atom stereocenters. The average Bonchev–Trinajstić information content (AvgIpc) is 2.75. The minimum atomic E-state index is 0.193. The van der Waals surface area contributed by atoms with Gasteiger partial charge in [-0.1, -0.05) is 13.8 Å². The molecule has 2 N–H and O–H groups in total. The predicted octanol–water partition coefficient (Wildman–Crippen LogP) is 0.668. The smallest absolute Gasteiger partial charge is 0.220 e. The van der Waals surface area contributed by atoms with Crippen molar-refractivity contribution in [2.24, 2.45) is 11.3 Å². The maximum absolute atomic E-state index is 11.1. The van der Waals surface area contributed by atoms with Crippen LogP contribution >= 0.6 is 0 Å². The fourth-order valence-corrected chi connectivity index (χ4v) is 3.79. The van der Waals surface area contributed by atoms with Gasteiger partial charge in [0.1, 0.15) is 0 Å². The van der Waals surface area contributed by atoms with Crippen LogP contribution in [0.2, 0.25) is 0 Å². The molecule has 0 aromatic heterocycles. The van der Waals surface area contributed by atoms with Crippen molar-refractivity contribution < 1.29 is 9.53 Å². The largest absolute Gasteiger partial charge is 0.377 e. The van der Waals surface area contributed by atoms with Crippen molar-refractivity contribution in [3.63, 3.8) is 0 Å². The first-order valence-corrected chi connectivity index (χ1v) is 6.73. The van der Waals surface area contributed by atoms with Crippen LogP contribution in [0.4, 0.5) is 0 Å². The van der Waals surface area contributed by atoms with Gasteiger partial charge in [-0.25, -0.2) is 0 Å². The maximum atomic E-state index is 11.1. The van der Waals surface area contributed by atoms with Crippen LogP contribution < -0.4 is 10.6 Å². The highest BCUT2D eigenvalue weighted by Gasteiger charge is 2.59. The molecule has 3 rings (SSSR count).